The van der Waals surface area contributed by atoms with Gasteiger partial charge in [-0.2, -0.15) is 0 Å². The molecule has 0 aliphatic carbocycles. The number of hydrogen-bond donors (Lipinski definition) is 2. The Morgan fingerprint density at radius 3 is 2.94 bits per heavy atom. The molecule has 0 spiro atoms. The van der Waals surface area contributed by atoms with Crippen molar-refractivity contribution in [1.82, 2.24) is 15.6 Å². The van der Waals surface area contributed by atoms with Gasteiger partial charge in [-0.3, -0.25) is 9.78 Å². The van der Waals surface area contributed by atoms with Gasteiger partial charge < -0.3 is 10.6 Å². The van der Waals surface area contributed by atoms with Crippen molar-refractivity contribution >= 4 is 30.7 Å². The van der Waals surface area contributed by atoms with Crippen LogP contribution in [0.2, 0.25) is 0 Å². The van der Waals surface area contributed by atoms with Crippen molar-refractivity contribution in [2.24, 2.45) is 0 Å². The second-order valence-corrected chi connectivity index (χ2v) is 4.08. The lowest BCUT2D eigenvalue weighted by Gasteiger charge is -2.10. The van der Waals surface area contributed by atoms with Gasteiger partial charge in [0.05, 0.1) is 5.56 Å². The molecular formula is C12H19Cl2N3O. The zero-order chi connectivity index (χ0) is 11.2. The maximum atomic E-state index is 11.6. The number of nitrogens with zero attached hydrogens (tertiary/aromatic N) is 1. The molecule has 1 fully saturated rings. The van der Waals surface area contributed by atoms with Crippen LogP contribution in [0, 0.1) is 0 Å². The van der Waals surface area contributed by atoms with Crippen LogP contribution in [-0.4, -0.2) is 30.0 Å². The average Bonchev–Trinajstić information content (AvgIpc) is 2.83. The van der Waals surface area contributed by atoms with E-state index in [1.165, 1.54) is 12.8 Å². The van der Waals surface area contributed by atoms with Crippen molar-refractivity contribution in [1.29, 1.82) is 0 Å². The lowest BCUT2D eigenvalue weighted by atomic mass is 10.1. The first-order chi connectivity index (χ1) is 7.86. The van der Waals surface area contributed by atoms with E-state index in [0.29, 0.717) is 11.6 Å². The van der Waals surface area contributed by atoms with Crippen LogP contribution < -0.4 is 10.6 Å². The predicted octanol–water partition coefficient (Wildman–Crippen LogP) is 1.80. The summed E-state index contributed by atoms with van der Waals surface area (Å²) in [4.78, 5) is 15.6. The first-order valence-corrected chi connectivity index (χ1v) is 5.78. The number of halogens is 2. The first kappa shape index (κ1) is 17.2. The molecule has 2 N–H and O–H groups in total. The summed E-state index contributed by atoms with van der Waals surface area (Å²) in [5.74, 6) is -0.0360. The molecule has 1 atom stereocenters. The summed E-state index contributed by atoms with van der Waals surface area (Å²) in [5.41, 5.74) is 0.627. The number of hydrogen-bond acceptors (Lipinski definition) is 3. The van der Waals surface area contributed by atoms with Crippen molar-refractivity contribution in [3.63, 3.8) is 0 Å². The van der Waals surface area contributed by atoms with E-state index in [1.807, 2.05) is 0 Å². The van der Waals surface area contributed by atoms with E-state index in [-0.39, 0.29) is 30.7 Å². The fourth-order valence-corrected chi connectivity index (χ4v) is 1.96. The van der Waals surface area contributed by atoms with E-state index in [0.717, 1.165) is 19.5 Å². The Labute approximate surface area is 120 Å². The van der Waals surface area contributed by atoms with Crippen molar-refractivity contribution in [2.75, 3.05) is 13.1 Å². The number of carbonyl (C=O) groups excluding carboxylic acids is 1. The molecule has 1 amide bonds. The number of amides is 1. The summed E-state index contributed by atoms with van der Waals surface area (Å²) < 4.78 is 0. The lowest BCUT2D eigenvalue weighted by molar-refractivity contribution is 0.0952. The van der Waals surface area contributed by atoms with Crippen LogP contribution in [0.15, 0.2) is 24.5 Å². The molecule has 0 unspecified atom stereocenters. The van der Waals surface area contributed by atoms with Crippen LogP contribution in [0.3, 0.4) is 0 Å². The molecule has 6 heteroatoms. The zero-order valence-corrected chi connectivity index (χ0v) is 11.7. The fraction of sp³-hybridized carbons (Fsp3) is 0.500. The Morgan fingerprint density at radius 2 is 2.33 bits per heavy atom. The van der Waals surface area contributed by atoms with Crippen LogP contribution in [0.5, 0.6) is 0 Å². The van der Waals surface area contributed by atoms with E-state index in [4.69, 9.17) is 0 Å². The second-order valence-electron chi connectivity index (χ2n) is 4.08. The summed E-state index contributed by atoms with van der Waals surface area (Å²) in [6, 6.07) is 4.12. The molecule has 1 aromatic rings. The monoisotopic (exact) mass is 291 g/mol. The minimum atomic E-state index is -0.0360. The number of rotatable bonds is 4. The third-order valence-corrected chi connectivity index (χ3v) is 2.86. The molecule has 1 aromatic heterocycles. The molecule has 2 heterocycles. The van der Waals surface area contributed by atoms with Gasteiger partial charge in [0.15, 0.2) is 0 Å². The second kappa shape index (κ2) is 9.14. The third kappa shape index (κ3) is 5.21. The van der Waals surface area contributed by atoms with Crippen molar-refractivity contribution in [3.8, 4) is 0 Å². The highest BCUT2D eigenvalue weighted by atomic mass is 35.5. The molecule has 4 nitrogen and oxygen atoms in total. The molecule has 18 heavy (non-hydrogen) atoms. The summed E-state index contributed by atoms with van der Waals surface area (Å²) in [5, 5.41) is 6.31. The van der Waals surface area contributed by atoms with Gasteiger partial charge in [-0.15, -0.1) is 24.8 Å². The maximum Gasteiger partial charge on any atom is 0.252 e. The van der Waals surface area contributed by atoms with Gasteiger partial charge in [0.2, 0.25) is 0 Å². The third-order valence-electron chi connectivity index (χ3n) is 2.86. The minimum Gasteiger partial charge on any atom is -0.352 e. The molecule has 0 saturated carbocycles. The van der Waals surface area contributed by atoms with Crippen LogP contribution in [-0.2, 0) is 0 Å². The predicted molar refractivity (Wildman–Crippen MR) is 76.7 cm³/mol. The Kier molecular flexibility index (Phi) is 8.71. The Balaban J connectivity index is 0.00000144. The van der Waals surface area contributed by atoms with E-state index < -0.39 is 0 Å². The largest absolute Gasteiger partial charge is 0.352 e. The van der Waals surface area contributed by atoms with Crippen LogP contribution >= 0.6 is 24.8 Å². The Bertz CT molecular complexity index is 342. The van der Waals surface area contributed by atoms with Crippen LogP contribution in [0.25, 0.3) is 0 Å². The van der Waals surface area contributed by atoms with Crippen molar-refractivity contribution < 1.29 is 4.79 Å². The number of carbonyl (C=O) groups is 1. The van der Waals surface area contributed by atoms with Gasteiger partial charge in [0.25, 0.3) is 5.91 Å². The SMILES string of the molecule is Cl.Cl.O=C(NCC[C@H]1CCCN1)c1cccnc1. The summed E-state index contributed by atoms with van der Waals surface area (Å²) >= 11 is 0. The van der Waals surface area contributed by atoms with Gasteiger partial charge in [0.1, 0.15) is 0 Å². The van der Waals surface area contributed by atoms with Gasteiger partial charge in [-0.05, 0) is 37.9 Å². The highest BCUT2D eigenvalue weighted by molar-refractivity contribution is 5.93. The topological polar surface area (TPSA) is 54.0 Å². The number of pyridine rings is 1. The fourth-order valence-electron chi connectivity index (χ4n) is 1.96. The van der Waals surface area contributed by atoms with E-state index in [2.05, 4.69) is 15.6 Å². The van der Waals surface area contributed by atoms with Gasteiger partial charge >= 0.3 is 0 Å². The molecule has 1 saturated heterocycles. The molecule has 1 aliphatic heterocycles. The highest BCUT2D eigenvalue weighted by Crippen LogP contribution is 2.07. The van der Waals surface area contributed by atoms with E-state index >= 15 is 0 Å². The number of nitrogens with one attached hydrogen (secondary N) is 2. The van der Waals surface area contributed by atoms with Gasteiger partial charge in [-0.25, -0.2) is 0 Å². The van der Waals surface area contributed by atoms with E-state index in [9.17, 15) is 4.79 Å². The molecule has 2 rings (SSSR count). The molecule has 0 radical (unpaired) electrons. The molecular weight excluding hydrogens is 273 g/mol. The Hall–Kier alpha value is -0.840. The lowest BCUT2D eigenvalue weighted by Crippen LogP contribution is -2.30. The molecule has 0 aromatic carbocycles. The summed E-state index contributed by atoms with van der Waals surface area (Å²) in [7, 11) is 0. The minimum absolute atomic E-state index is 0. The van der Waals surface area contributed by atoms with Crippen LogP contribution in [0.4, 0.5) is 0 Å². The highest BCUT2D eigenvalue weighted by Gasteiger charge is 2.13. The standard InChI is InChI=1S/C12H17N3O.2ClH/c16-12(10-3-1-6-13-9-10)15-8-5-11-4-2-7-14-11;;/h1,3,6,9,11,14H,2,4-5,7-8H2,(H,15,16);2*1H/t11-;;/m1../s1. The maximum absolute atomic E-state index is 11.6. The molecule has 0 bridgehead atoms. The van der Waals surface area contributed by atoms with Crippen molar-refractivity contribution in [2.45, 2.75) is 25.3 Å². The number of aromatic nitrogens is 1. The molecule has 102 valence electrons. The van der Waals surface area contributed by atoms with E-state index in [1.54, 1.807) is 24.5 Å². The zero-order valence-electron chi connectivity index (χ0n) is 10.1. The average molecular weight is 292 g/mol. The van der Waals surface area contributed by atoms with Gasteiger partial charge in [-0.1, -0.05) is 0 Å². The summed E-state index contributed by atoms with van der Waals surface area (Å²) in [6.07, 6.45) is 6.73. The van der Waals surface area contributed by atoms with Crippen LogP contribution in [0.1, 0.15) is 29.6 Å². The normalized spacial score (nSPS) is 17.4. The van der Waals surface area contributed by atoms with Crippen molar-refractivity contribution in [3.05, 3.63) is 30.1 Å². The Morgan fingerprint density at radius 1 is 1.50 bits per heavy atom. The summed E-state index contributed by atoms with van der Waals surface area (Å²) in [6.45, 7) is 1.84. The van der Waals surface area contributed by atoms with Gasteiger partial charge in [0, 0.05) is 25.0 Å². The first-order valence-electron chi connectivity index (χ1n) is 5.78. The molecule has 1 aliphatic rings. The smallest absolute Gasteiger partial charge is 0.252 e. The quantitative estimate of drug-likeness (QED) is 0.889.